The second-order valence-electron chi connectivity index (χ2n) is 20.2. The Morgan fingerprint density at radius 2 is 1.58 bits per heavy atom. The molecule has 0 aromatic carbocycles. The molecule has 4 aliphatic heterocycles. The molecule has 0 aromatic heterocycles. The summed E-state index contributed by atoms with van der Waals surface area (Å²) in [6.07, 6.45) is 11.4. The van der Waals surface area contributed by atoms with Crippen molar-refractivity contribution in [3.8, 4) is 0 Å². The Hall–Kier alpha value is -3.73. The maximum Gasteiger partial charge on any atom is 0.509 e. The van der Waals surface area contributed by atoms with E-state index in [1.54, 1.807) is 48.2 Å². The van der Waals surface area contributed by atoms with Gasteiger partial charge in [-0.15, -0.1) is 0 Å². The van der Waals surface area contributed by atoms with Gasteiger partial charge in [0.1, 0.15) is 30.1 Å². The molecule has 15 heteroatoms. The van der Waals surface area contributed by atoms with Gasteiger partial charge in [0, 0.05) is 52.6 Å². The number of aliphatic hydroxyl groups is 2. The molecule has 0 aromatic rings. The average Bonchev–Trinajstić information content (AvgIpc) is 3.30. The maximum atomic E-state index is 14.4. The molecule has 16 atom stereocenters. The number of rotatable bonds is 6. The van der Waals surface area contributed by atoms with E-state index in [9.17, 15) is 34.2 Å². The lowest BCUT2D eigenvalue weighted by Crippen LogP contribution is -2.61. The van der Waals surface area contributed by atoms with Gasteiger partial charge in [0.25, 0.3) is 11.7 Å². The predicted molar refractivity (Wildman–Crippen MR) is 249 cm³/mol. The molecule has 0 spiro atoms. The molecule has 0 radical (unpaired) electrons. The number of nitrogens with zero attached hydrogens (tertiary/aromatic N) is 1. The van der Waals surface area contributed by atoms with Crippen molar-refractivity contribution in [2.24, 2.45) is 35.5 Å². The highest BCUT2D eigenvalue weighted by Crippen LogP contribution is 2.38. The van der Waals surface area contributed by atoms with Crippen LogP contribution in [0.3, 0.4) is 0 Å². The van der Waals surface area contributed by atoms with Gasteiger partial charge in [0.05, 0.1) is 24.4 Å². The fourth-order valence-electron chi connectivity index (χ4n) is 10.8. The highest BCUT2D eigenvalue weighted by molar-refractivity contribution is 6.39. The van der Waals surface area contributed by atoms with E-state index in [1.165, 1.54) is 4.90 Å². The van der Waals surface area contributed by atoms with Crippen LogP contribution in [0.25, 0.3) is 0 Å². The van der Waals surface area contributed by atoms with E-state index in [0.29, 0.717) is 63.4 Å². The van der Waals surface area contributed by atoms with Gasteiger partial charge in [-0.05, 0) is 113 Å². The highest BCUT2D eigenvalue weighted by Gasteiger charge is 2.53. The zero-order valence-corrected chi connectivity index (χ0v) is 41.6. The lowest BCUT2D eigenvalue weighted by molar-refractivity contribution is -0.265. The van der Waals surface area contributed by atoms with Crippen molar-refractivity contribution in [1.82, 2.24) is 4.90 Å². The number of methoxy groups -OCH3 is 3. The number of amides is 1. The van der Waals surface area contributed by atoms with E-state index in [4.69, 9.17) is 33.2 Å². The third-order valence-corrected chi connectivity index (χ3v) is 15.1. The van der Waals surface area contributed by atoms with Crippen molar-refractivity contribution in [3.05, 3.63) is 47.6 Å². The summed E-state index contributed by atoms with van der Waals surface area (Å²) in [5.74, 6) is -7.13. The Labute approximate surface area is 398 Å². The van der Waals surface area contributed by atoms with Crippen molar-refractivity contribution in [3.63, 3.8) is 0 Å². The predicted octanol–water partition coefficient (Wildman–Crippen LogP) is 7.15. The lowest BCUT2D eigenvalue weighted by Gasteiger charge is -2.42. The fraction of sp³-hybridized carbons (Fsp3) is 0.750. The summed E-state index contributed by atoms with van der Waals surface area (Å²) in [6.45, 7) is 13.3. The number of esters is 1. The molecule has 5 rings (SSSR count). The standard InChI is InChI=1S/C52H79NO14/c1-30-16-12-11-13-17-31(2)42(61-8)28-38-21-19-36(7)52(60,67-38)48(56)49(57)53-23-15-14-18-39(53)50(58)64-43(33(4)26-37-20-22-40(54)44(27-37)62-9)29-41(55)32(3)25-35(6)46-47(63-10)45(34(5)24-30)65-51(59)66-46/h11-13,16-17,25,30,32-34,36-40,42-47,54,60H,14-15,18-24,26-29H2,1-10H3/b13-11+,16-12+,31-17+,35-25+/t30?,32-,33-,34?,36-,37?,38+,39?,40-,42+,43?,44-,45?,46?,47+,52-/m1/s1. The maximum absolute atomic E-state index is 14.4. The fourth-order valence-corrected chi connectivity index (χ4v) is 10.8. The van der Waals surface area contributed by atoms with Gasteiger partial charge >= 0.3 is 12.1 Å². The third kappa shape index (κ3) is 13.7. The molecule has 4 heterocycles. The Bertz CT molecular complexity index is 1840. The first-order valence-corrected chi connectivity index (χ1v) is 24.6. The summed E-state index contributed by atoms with van der Waals surface area (Å²) in [5.41, 5.74) is 1.51. The zero-order chi connectivity index (χ0) is 49.2. The monoisotopic (exact) mass is 942 g/mol. The van der Waals surface area contributed by atoms with Gasteiger partial charge in [-0.25, -0.2) is 9.59 Å². The summed E-state index contributed by atoms with van der Waals surface area (Å²) in [6, 6.07) is -1.13. The van der Waals surface area contributed by atoms with Gasteiger partial charge in [0.15, 0.2) is 6.10 Å². The topological polar surface area (TPSA) is 194 Å². The first kappa shape index (κ1) is 54.2. The first-order chi connectivity index (χ1) is 31.8. The molecule has 1 saturated carbocycles. The Kier molecular flexibility index (Phi) is 20.0. The van der Waals surface area contributed by atoms with Gasteiger partial charge in [0.2, 0.25) is 5.79 Å². The molecule has 2 N–H and O–H groups in total. The molecular formula is C52H79NO14. The van der Waals surface area contributed by atoms with Gasteiger partial charge in [-0.2, -0.15) is 0 Å². The van der Waals surface area contributed by atoms with E-state index in [1.807, 2.05) is 45.1 Å². The van der Waals surface area contributed by atoms with Crippen molar-refractivity contribution in [2.45, 2.75) is 186 Å². The molecule has 1 amide bonds. The minimum Gasteiger partial charge on any atom is -0.460 e. The van der Waals surface area contributed by atoms with Crippen LogP contribution in [0.5, 0.6) is 0 Å². The van der Waals surface area contributed by atoms with Crippen molar-refractivity contribution >= 4 is 29.6 Å². The quantitative estimate of drug-likeness (QED) is 0.155. The van der Waals surface area contributed by atoms with Gasteiger partial charge in [-0.1, -0.05) is 71.1 Å². The smallest absolute Gasteiger partial charge is 0.460 e. The largest absolute Gasteiger partial charge is 0.509 e. The number of aliphatic hydroxyl groups excluding tert-OH is 1. The van der Waals surface area contributed by atoms with Gasteiger partial charge < -0.3 is 48.3 Å². The van der Waals surface area contributed by atoms with Crippen LogP contribution in [-0.4, -0.2) is 133 Å². The number of ketones is 2. The molecule has 67 heavy (non-hydrogen) atoms. The molecule has 15 nitrogen and oxygen atoms in total. The van der Waals surface area contributed by atoms with Crippen LogP contribution in [0.4, 0.5) is 4.79 Å². The molecule has 376 valence electrons. The van der Waals surface area contributed by atoms with E-state index in [0.717, 1.165) is 12.0 Å². The molecule has 3 saturated heterocycles. The van der Waals surface area contributed by atoms with Gasteiger partial charge in [-0.3, -0.25) is 14.4 Å². The van der Waals surface area contributed by atoms with E-state index in [-0.39, 0.29) is 54.9 Å². The highest BCUT2D eigenvalue weighted by atomic mass is 16.8. The lowest BCUT2D eigenvalue weighted by atomic mass is 9.78. The average molecular weight is 942 g/mol. The Morgan fingerprint density at radius 3 is 2.28 bits per heavy atom. The normalized spacial score (nSPS) is 41.3. The molecule has 1 aliphatic carbocycles. The summed E-state index contributed by atoms with van der Waals surface area (Å²) in [4.78, 5) is 71.4. The summed E-state index contributed by atoms with van der Waals surface area (Å²) < 4.78 is 41.4. The zero-order valence-electron chi connectivity index (χ0n) is 41.6. The van der Waals surface area contributed by atoms with Crippen LogP contribution in [0.15, 0.2) is 47.6 Å². The Morgan fingerprint density at radius 1 is 0.836 bits per heavy atom. The number of fused-ring (bicyclic) bond motifs is 5. The van der Waals surface area contributed by atoms with Crippen LogP contribution in [0.2, 0.25) is 0 Å². The number of ether oxygens (including phenoxy) is 7. The van der Waals surface area contributed by atoms with E-state index >= 15 is 0 Å². The number of Topliss-reactive ketones (excluding diaryl/α,β-unsaturated/α-hetero) is 2. The van der Waals surface area contributed by atoms with E-state index in [2.05, 4.69) is 13.0 Å². The number of carbonyl (C=O) groups is 5. The summed E-state index contributed by atoms with van der Waals surface area (Å²) in [7, 11) is 4.71. The number of allylic oxidation sites excluding steroid dienone is 6. The molecule has 4 fully saturated rings. The number of hydrogen-bond donors (Lipinski definition) is 2. The van der Waals surface area contributed by atoms with Crippen molar-refractivity contribution < 1.29 is 67.3 Å². The molecular weight excluding hydrogens is 863 g/mol. The molecule has 4 bridgehead atoms. The molecule has 5 aliphatic rings. The van der Waals surface area contributed by atoms with Crippen LogP contribution in [0, 0.1) is 35.5 Å². The number of hydrogen-bond acceptors (Lipinski definition) is 14. The van der Waals surface area contributed by atoms with Crippen molar-refractivity contribution in [1.29, 1.82) is 0 Å². The van der Waals surface area contributed by atoms with Crippen LogP contribution < -0.4 is 0 Å². The minimum absolute atomic E-state index is 0.0948. The first-order valence-electron chi connectivity index (χ1n) is 24.6. The van der Waals surface area contributed by atoms with Crippen LogP contribution in [-0.2, 0) is 52.3 Å². The number of carbonyl (C=O) groups excluding carboxylic acids is 5. The van der Waals surface area contributed by atoms with Crippen LogP contribution in [0.1, 0.15) is 126 Å². The second-order valence-corrected chi connectivity index (χ2v) is 20.2. The van der Waals surface area contributed by atoms with Crippen molar-refractivity contribution in [2.75, 3.05) is 27.9 Å². The third-order valence-electron chi connectivity index (χ3n) is 15.1. The summed E-state index contributed by atoms with van der Waals surface area (Å²) in [5, 5.41) is 22.5. The summed E-state index contributed by atoms with van der Waals surface area (Å²) >= 11 is 0. The SMILES string of the molecule is CO[C@@H]1C2OC(=O)OC1C(C)CC(C)/C=C/C=C/C=C(\C)[C@@H](OC)C[C@@H]1CC[C@@H](C)[C@@](O)(O1)C(=O)C(=O)N1CCCCC1C(=O)OC([C@H](C)CC1CC[C@@H](O)[C@H](OC)C1)CC(=O)[C@H](C)/C=C/2C. The molecule has 7 unspecified atom stereocenters. The number of cyclic esters (lactones) is 1. The minimum atomic E-state index is -2.42. The van der Waals surface area contributed by atoms with Crippen LogP contribution >= 0.6 is 0 Å². The van der Waals surface area contributed by atoms with E-state index < -0.39 is 90.2 Å². The second kappa shape index (κ2) is 24.7. The number of piperidine rings is 1. The Balaban J connectivity index is 1.49.